The molecule has 0 aliphatic carbocycles. The Balaban J connectivity index is 2.02. The number of carbonyl (C=O) groups is 1. The van der Waals surface area contributed by atoms with E-state index >= 15 is 0 Å². The van der Waals surface area contributed by atoms with E-state index in [-0.39, 0.29) is 24.4 Å². The normalized spacial score (nSPS) is 11.7. The van der Waals surface area contributed by atoms with E-state index in [1.807, 2.05) is 60.4 Å². The molecule has 0 aliphatic rings. The Morgan fingerprint density at radius 1 is 1.06 bits per heavy atom. The molecule has 0 radical (unpaired) electrons. The van der Waals surface area contributed by atoms with Crippen LogP contribution in [0, 0.1) is 6.92 Å². The molecule has 0 spiro atoms. The van der Waals surface area contributed by atoms with Crippen LogP contribution < -0.4 is 10.5 Å². The van der Waals surface area contributed by atoms with E-state index in [2.05, 4.69) is 4.98 Å². The van der Waals surface area contributed by atoms with Crippen molar-refractivity contribution in [3.05, 3.63) is 83.6 Å². The van der Waals surface area contributed by atoms with E-state index in [9.17, 15) is 9.90 Å². The standard InChI is InChI=1S/C28H35N3O4/c1-21-10-3-5-13-25(21)35-26-14-6-4-11-23(26)24(12-7-8-19-34-2)31(17-9-18-32)28(33)22-15-16-30-27(29)20-22/h3-6,10-11,13-16,20,24,32H,7-9,12,17-19H2,1-2H3,(H2,29,30). The van der Waals surface area contributed by atoms with Gasteiger partial charge in [0.25, 0.3) is 5.91 Å². The van der Waals surface area contributed by atoms with Gasteiger partial charge in [0.05, 0.1) is 6.04 Å². The van der Waals surface area contributed by atoms with Crippen LogP contribution in [0.3, 0.4) is 0 Å². The fraction of sp³-hybridized carbons (Fsp3) is 0.357. The monoisotopic (exact) mass is 477 g/mol. The predicted octanol–water partition coefficient (Wildman–Crippen LogP) is 5.15. The van der Waals surface area contributed by atoms with Crippen LogP contribution in [0.15, 0.2) is 66.9 Å². The summed E-state index contributed by atoms with van der Waals surface area (Å²) in [7, 11) is 1.69. The van der Waals surface area contributed by atoms with Gasteiger partial charge in [-0.25, -0.2) is 4.98 Å². The van der Waals surface area contributed by atoms with E-state index in [4.69, 9.17) is 15.2 Å². The number of nitrogens with two attached hydrogens (primary N) is 1. The number of nitrogens with zero attached hydrogens (tertiary/aromatic N) is 2. The third-order valence-corrected chi connectivity index (χ3v) is 5.89. The summed E-state index contributed by atoms with van der Waals surface area (Å²) in [5.74, 6) is 1.61. The van der Waals surface area contributed by atoms with Gasteiger partial charge in [0.1, 0.15) is 17.3 Å². The van der Waals surface area contributed by atoms with E-state index in [1.54, 1.807) is 19.2 Å². The largest absolute Gasteiger partial charge is 0.457 e. The summed E-state index contributed by atoms with van der Waals surface area (Å²) in [6.45, 7) is 3.04. The Morgan fingerprint density at radius 2 is 1.80 bits per heavy atom. The molecule has 0 fully saturated rings. The second-order valence-electron chi connectivity index (χ2n) is 8.45. The lowest BCUT2D eigenvalue weighted by atomic mass is 9.97. The number of para-hydroxylation sites is 2. The van der Waals surface area contributed by atoms with Crippen LogP contribution in [0.25, 0.3) is 0 Å². The van der Waals surface area contributed by atoms with Crippen molar-refractivity contribution in [2.24, 2.45) is 0 Å². The number of anilines is 1. The maximum Gasteiger partial charge on any atom is 0.254 e. The highest BCUT2D eigenvalue weighted by Crippen LogP contribution is 2.37. The van der Waals surface area contributed by atoms with Gasteiger partial charge in [-0.05, 0) is 62.4 Å². The number of hydrogen-bond acceptors (Lipinski definition) is 6. The number of aromatic nitrogens is 1. The Morgan fingerprint density at radius 3 is 2.51 bits per heavy atom. The molecule has 1 unspecified atom stereocenters. The van der Waals surface area contributed by atoms with Crippen LogP contribution in [0.4, 0.5) is 5.82 Å². The first-order valence-corrected chi connectivity index (χ1v) is 12.0. The molecule has 7 nitrogen and oxygen atoms in total. The first-order valence-electron chi connectivity index (χ1n) is 12.0. The molecule has 1 atom stereocenters. The summed E-state index contributed by atoms with van der Waals surface area (Å²) in [6.07, 6.45) is 4.45. The van der Waals surface area contributed by atoms with E-state index in [0.29, 0.717) is 30.9 Å². The minimum absolute atomic E-state index is 0.0139. The van der Waals surface area contributed by atoms with E-state index in [1.165, 1.54) is 6.20 Å². The van der Waals surface area contributed by atoms with Crippen LogP contribution in [0.5, 0.6) is 11.5 Å². The van der Waals surface area contributed by atoms with Gasteiger partial charge in [-0.1, -0.05) is 36.4 Å². The van der Waals surface area contributed by atoms with E-state index < -0.39 is 0 Å². The number of nitrogen functional groups attached to an aromatic ring is 1. The van der Waals surface area contributed by atoms with Crippen molar-refractivity contribution >= 4 is 11.7 Å². The zero-order valence-corrected chi connectivity index (χ0v) is 20.5. The molecular formula is C28H35N3O4. The summed E-state index contributed by atoms with van der Waals surface area (Å²) in [4.78, 5) is 19.6. The van der Waals surface area contributed by atoms with Gasteiger partial charge in [-0.15, -0.1) is 0 Å². The number of ether oxygens (including phenoxy) is 2. The van der Waals surface area contributed by atoms with Crippen molar-refractivity contribution in [1.29, 1.82) is 0 Å². The zero-order chi connectivity index (χ0) is 25.0. The van der Waals surface area contributed by atoms with Crippen molar-refractivity contribution in [2.45, 2.75) is 38.6 Å². The number of pyridine rings is 1. The Bertz CT molecular complexity index is 1090. The molecule has 0 bridgehead atoms. The smallest absolute Gasteiger partial charge is 0.254 e. The maximum absolute atomic E-state index is 13.7. The number of aliphatic hydroxyl groups excluding tert-OH is 1. The molecule has 3 N–H and O–H groups in total. The summed E-state index contributed by atoms with van der Waals surface area (Å²) in [6, 6.07) is 18.7. The van der Waals surface area contributed by atoms with Gasteiger partial charge < -0.3 is 25.2 Å². The highest BCUT2D eigenvalue weighted by atomic mass is 16.5. The number of aliphatic hydroxyl groups is 1. The molecule has 0 aliphatic heterocycles. The Hall–Kier alpha value is -3.42. The molecule has 1 amide bonds. The average molecular weight is 478 g/mol. The first-order chi connectivity index (χ1) is 17.0. The summed E-state index contributed by atoms with van der Waals surface area (Å²) >= 11 is 0. The number of rotatable bonds is 13. The van der Waals surface area contributed by atoms with Gasteiger partial charge >= 0.3 is 0 Å². The second kappa shape index (κ2) is 13.5. The molecule has 3 aromatic rings. The second-order valence-corrected chi connectivity index (χ2v) is 8.45. The van der Waals surface area contributed by atoms with Crippen LogP contribution in [0.1, 0.15) is 53.2 Å². The number of amides is 1. The number of carbonyl (C=O) groups excluding carboxylic acids is 1. The molecule has 186 valence electrons. The first kappa shape index (κ1) is 26.2. The predicted molar refractivity (Wildman–Crippen MR) is 138 cm³/mol. The molecule has 0 saturated heterocycles. The third-order valence-electron chi connectivity index (χ3n) is 5.89. The van der Waals surface area contributed by atoms with Gasteiger partial charge in [-0.3, -0.25) is 4.79 Å². The number of benzene rings is 2. The molecular weight excluding hydrogens is 442 g/mol. The highest BCUT2D eigenvalue weighted by Gasteiger charge is 2.28. The van der Waals surface area contributed by atoms with Gasteiger partial charge in [0, 0.05) is 44.2 Å². The van der Waals surface area contributed by atoms with E-state index in [0.717, 1.165) is 36.1 Å². The van der Waals surface area contributed by atoms with Crippen molar-refractivity contribution in [2.75, 3.05) is 32.6 Å². The average Bonchev–Trinajstić information content (AvgIpc) is 2.87. The minimum Gasteiger partial charge on any atom is -0.457 e. The lowest BCUT2D eigenvalue weighted by Crippen LogP contribution is -2.36. The topological polar surface area (TPSA) is 97.9 Å². The summed E-state index contributed by atoms with van der Waals surface area (Å²) < 4.78 is 11.6. The van der Waals surface area contributed by atoms with Crippen LogP contribution in [0.2, 0.25) is 0 Å². The quantitative estimate of drug-likeness (QED) is 0.331. The molecule has 2 aromatic carbocycles. The number of unbranched alkanes of at least 4 members (excludes halogenated alkanes) is 1. The highest BCUT2D eigenvalue weighted by molar-refractivity contribution is 5.95. The van der Waals surface area contributed by atoms with Gasteiger partial charge in [0.2, 0.25) is 0 Å². The summed E-state index contributed by atoms with van der Waals surface area (Å²) in [5.41, 5.74) is 8.28. The molecule has 3 rings (SSSR count). The number of aryl methyl sites for hydroxylation is 1. The maximum atomic E-state index is 13.7. The van der Waals surface area contributed by atoms with Crippen LogP contribution in [-0.4, -0.2) is 47.8 Å². The van der Waals surface area contributed by atoms with Crippen molar-refractivity contribution in [3.63, 3.8) is 0 Å². The van der Waals surface area contributed by atoms with Crippen molar-refractivity contribution in [3.8, 4) is 11.5 Å². The Labute approximate surface area is 207 Å². The number of hydrogen-bond donors (Lipinski definition) is 2. The molecule has 0 saturated carbocycles. The fourth-order valence-corrected chi connectivity index (χ4v) is 4.09. The van der Waals surface area contributed by atoms with Crippen LogP contribution in [-0.2, 0) is 4.74 Å². The van der Waals surface area contributed by atoms with Gasteiger partial charge in [-0.2, -0.15) is 0 Å². The van der Waals surface area contributed by atoms with Crippen molar-refractivity contribution < 1.29 is 19.4 Å². The molecule has 1 heterocycles. The molecule has 35 heavy (non-hydrogen) atoms. The minimum atomic E-state index is -0.263. The Kier molecular flexibility index (Phi) is 10.1. The SMILES string of the molecule is COCCCCC(c1ccccc1Oc1ccccc1C)N(CCCO)C(=O)c1ccnc(N)c1. The molecule has 1 aromatic heterocycles. The van der Waals surface area contributed by atoms with Gasteiger partial charge in [0.15, 0.2) is 0 Å². The summed E-state index contributed by atoms with van der Waals surface area (Å²) in [5, 5.41) is 9.58. The zero-order valence-electron chi connectivity index (χ0n) is 20.5. The lowest BCUT2D eigenvalue weighted by Gasteiger charge is -2.33. The fourth-order valence-electron chi connectivity index (χ4n) is 4.09. The van der Waals surface area contributed by atoms with Crippen LogP contribution >= 0.6 is 0 Å². The van der Waals surface area contributed by atoms with Crippen molar-refractivity contribution in [1.82, 2.24) is 9.88 Å². The lowest BCUT2D eigenvalue weighted by molar-refractivity contribution is 0.0643. The third kappa shape index (κ3) is 7.28. The molecule has 7 heteroatoms. The number of methoxy groups -OCH3 is 1.